The Morgan fingerprint density at radius 2 is 1.94 bits per heavy atom. The maximum absolute atomic E-state index is 6.62. The minimum Gasteiger partial charge on any atom is -0.364 e. The van der Waals surface area contributed by atoms with Crippen molar-refractivity contribution in [3.05, 3.63) is 11.6 Å². The third-order valence-corrected chi connectivity index (χ3v) is 5.39. The maximum Gasteiger partial charge on any atom is 0.0927 e. The van der Waals surface area contributed by atoms with Crippen molar-refractivity contribution in [2.24, 2.45) is 17.8 Å². The minimum absolute atomic E-state index is 0.0539. The molecule has 4 atom stereocenters. The maximum atomic E-state index is 6.62. The van der Waals surface area contributed by atoms with E-state index in [9.17, 15) is 0 Å². The van der Waals surface area contributed by atoms with Gasteiger partial charge in [-0.25, -0.2) is 0 Å². The Labute approximate surface area is 99.3 Å². The molecule has 16 heavy (non-hydrogen) atoms. The summed E-state index contributed by atoms with van der Waals surface area (Å²) in [4.78, 5) is 0. The zero-order valence-electron chi connectivity index (χ0n) is 11.0. The molecule has 1 saturated heterocycles. The smallest absolute Gasteiger partial charge is 0.0927 e. The van der Waals surface area contributed by atoms with Crippen molar-refractivity contribution < 1.29 is 4.74 Å². The van der Waals surface area contributed by atoms with Crippen LogP contribution >= 0.6 is 0 Å². The summed E-state index contributed by atoms with van der Waals surface area (Å²) in [5, 5.41) is 0. The van der Waals surface area contributed by atoms with Gasteiger partial charge in [0.15, 0.2) is 0 Å². The molecular formula is C15H24O. The van der Waals surface area contributed by atoms with Crippen molar-refractivity contribution in [3.63, 3.8) is 0 Å². The van der Waals surface area contributed by atoms with Gasteiger partial charge >= 0.3 is 0 Å². The normalized spacial score (nSPS) is 49.8. The fourth-order valence-corrected chi connectivity index (χ4v) is 4.25. The van der Waals surface area contributed by atoms with E-state index >= 15 is 0 Å². The van der Waals surface area contributed by atoms with Gasteiger partial charge < -0.3 is 4.74 Å². The molecule has 0 aromatic rings. The van der Waals surface area contributed by atoms with Crippen molar-refractivity contribution in [2.75, 3.05) is 0 Å². The molecule has 0 unspecified atom stereocenters. The molecule has 0 radical (unpaired) electrons. The number of fused-ring (bicyclic) bond motifs is 3. The van der Waals surface area contributed by atoms with E-state index in [0.29, 0.717) is 11.8 Å². The van der Waals surface area contributed by atoms with Crippen LogP contribution in [0.25, 0.3) is 0 Å². The van der Waals surface area contributed by atoms with Gasteiger partial charge in [0.1, 0.15) is 0 Å². The van der Waals surface area contributed by atoms with Crippen LogP contribution in [0, 0.1) is 17.8 Å². The first-order chi connectivity index (χ1) is 7.46. The topological polar surface area (TPSA) is 9.23 Å². The van der Waals surface area contributed by atoms with Gasteiger partial charge in [0.25, 0.3) is 0 Å². The number of hydrogen-bond donors (Lipinski definition) is 0. The van der Waals surface area contributed by atoms with Gasteiger partial charge in [-0.2, -0.15) is 0 Å². The Morgan fingerprint density at radius 3 is 2.69 bits per heavy atom. The van der Waals surface area contributed by atoms with E-state index in [1.165, 1.54) is 25.7 Å². The van der Waals surface area contributed by atoms with Crippen molar-refractivity contribution >= 4 is 0 Å². The van der Waals surface area contributed by atoms with Crippen LogP contribution in [0.3, 0.4) is 0 Å². The molecule has 2 fully saturated rings. The molecule has 2 aliphatic carbocycles. The number of hydrogen-bond acceptors (Lipinski definition) is 1. The highest BCUT2D eigenvalue weighted by Crippen LogP contribution is 2.57. The van der Waals surface area contributed by atoms with Gasteiger partial charge in [-0.15, -0.1) is 0 Å². The average molecular weight is 220 g/mol. The van der Waals surface area contributed by atoms with E-state index in [2.05, 4.69) is 33.8 Å². The van der Waals surface area contributed by atoms with Crippen LogP contribution < -0.4 is 0 Å². The lowest BCUT2D eigenvalue weighted by molar-refractivity contribution is -0.155. The minimum atomic E-state index is 0.0539. The SMILES string of the molecule is C[C@@H]1CC[C@@]23OC(C)(C)[C@@H](C=C12)CC[C@H]3C. The molecule has 1 heteroatoms. The standard InChI is InChI=1S/C15H24O/c1-10-7-8-15-11(2)5-6-12(9-13(10)15)14(3,4)16-15/h9-12H,5-8H2,1-4H3/t10-,11-,12-,15+/m1/s1. The van der Waals surface area contributed by atoms with Crippen LogP contribution in [-0.2, 0) is 4.74 Å². The van der Waals surface area contributed by atoms with Gasteiger partial charge in [0, 0.05) is 5.92 Å². The summed E-state index contributed by atoms with van der Waals surface area (Å²) in [6, 6.07) is 0. The number of rotatable bonds is 0. The predicted molar refractivity (Wildman–Crippen MR) is 66.3 cm³/mol. The lowest BCUT2D eigenvalue weighted by Crippen LogP contribution is -2.49. The molecular weight excluding hydrogens is 196 g/mol. The van der Waals surface area contributed by atoms with Crippen LogP contribution in [0.15, 0.2) is 11.6 Å². The van der Waals surface area contributed by atoms with Crippen LogP contribution in [0.2, 0.25) is 0 Å². The summed E-state index contributed by atoms with van der Waals surface area (Å²) in [6.45, 7) is 9.35. The van der Waals surface area contributed by atoms with Crippen molar-refractivity contribution in [2.45, 2.75) is 64.6 Å². The second-order valence-corrected chi connectivity index (χ2v) is 6.74. The quantitative estimate of drug-likeness (QED) is 0.562. The average Bonchev–Trinajstić information content (AvgIpc) is 2.38. The summed E-state index contributed by atoms with van der Waals surface area (Å²) in [5.74, 6) is 2.09. The van der Waals surface area contributed by atoms with E-state index < -0.39 is 0 Å². The first kappa shape index (κ1) is 10.8. The number of ether oxygens (including phenoxy) is 1. The van der Waals surface area contributed by atoms with E-state index in [1.807, 2.05) is 0 Å². The van der Waals surface area contributed by atoms with Crippen LogP contribution in [0.5, 0.6) is 0 Å². The largest absolute Gasteiger partial charge is 0.364 e. The molecule has 1 spiro atoms. The monoisotopic (exact) mass is 220 g/mol. The highest BCUT2D eigenvalue weighted by molar-refractivity contribution is 5.32. The zero-order chi connectivity index (χ0) is 11.6. The molecule has 4 rings (SSSR count). The fourth-order valence-electron chi connectivity index (χ4n) is 4.25. The Kier molecular flexibility index (Phi) is 2.12. The molecule has 2 aliphatic heterocycles. The molecule has 1 nitrogen and oxygen atoms in total. The van der Waals surface area contributed by atoms with Gasteiger partial charge in [-0.05, 0) is 56.9 Å². The Hall–Kier alpha value is -0.300. The second-order valence-electron chi connectivity index (χ2n) is 6.74. The van der Waals surface area contributed by atoms with E-state index in [1.54, 1.807) is 5.57 Å². The Balaban J connectivity index is 2.13. The molecule has 2 bridgehead atoms. The first-order valence-corrected chi connectivity index (χ1v) is 6.88. The first-order valence-electron chi connectivity index (χ1n) is 6.88. The molecule has 4 aliphatic rings. The van der Waals surface area contributed by atoms with Crippen molar-refractivity contribution in [3.8, 4) is 0 Å². The second kappa shape index (κ2) is 3.13. The lowest BCUT2D eigenvalue weighted by Gasteiger charge is -2.47. The highest BCUT2D eigenvalue weighted by atomic mass is 16.5. The molecule has 0 aromatic heterocycles. The third kappa shape index (κ3) is 1.21. The summed E-state index contributed by atoms with van der Waals surface area (Å²) in [7, 11) is 0. The molecule has 1 saturated carbocycles. The van der Waals surface area contributed by atoms with Gasteiger partial charge in [0.2, 0.25) is 0 Å². The summed E-state index contributed by atoms with van der Waals surface area (Å²) in [5.41, 5.74) is 1.80. The summed E-state index contributed by atoms with van der Waals surface area (Å²) >= 11 is 0. The zero-order valence-corrected chi connectivity index (χ0v) is 11.0. The molecule has 2 heterocycles. The van der Waals surface area contributed by atoms with Crippen molar-refractivity contribution in [1.29, 1.82) is 0 Å². The fraction of sp³-hybridized carbons (Fsp3) is 0.867. The van der Waals surface area contributed by atoms with Gasteiger partial charge in [-0.1, -0.05) is 19.9 Å². The summed E-state index contributed by atoms with van der Waals surface area (Å²) < 4.78 is 6.62. The molecule has 0 N–H and O–H groups in total. The Morgan fingerprint density at radius 1 is 1.19 bits per heavy atom. The van der Waals surface area contributed by atoms with E-state index in [0.717, 1.165) is 5.92 Å². The van der Waals surface area contributed by atoms with E-state index in [4.69, 9.17) is 4.74 Å². The lowest BCUT2D eigenvalue weighted by atomic mass is 9.78. The molecule has 0 aromatic carbocycles. The summed E-state index contributed by atoms with van der Waals surface area (Å²) in [6.07, 6.45) is 7.80. The third-order valence-electron chi connectivity index (χ3n) is 5.39. The molecule has 90 valence electrons. The van der Waals surface area contributed by atoms with Gasteiger partial charge in [0.05, 0.1) is 11.2 Å². The van der Waals surface area contributed by atoms with E-state index in [-0.39, 0.29) is 11.2 Å². The predicted octanol–water partition coefficient (Wildman–Crippen LogP) is 3.94. The van der Waals surface area contributed by atoms with Crippen LogP contribution in [-0.4, -0.2) is 11.2 Å². The molecule has 0 amide bonds. The van der Waals surface area contributed by atoms with Crippen LogP contribution in [0.1, 0.15) is 53.4 Å². The van der Waals surface area contributed by atoms with Gasteiger partial charge in [-0.3, -0.25) is 0 Å². The van der Waals surface area contributed by atoms with Crippen LogP contribution in [0.4, 0.5) is 0 Å². The van der Waals surface area contributed by atoms with Crippen molar-refractivity contribution in [1.82, 2.24) is 0 Å². The Bertz CT molecular complexity index is 341. The highest BCUT2D eigenvalue weighted by Gasteiger charge is 2.56.